The van der Waals surface area contributed by atoms with Crippen molar-refractivity contribution in [3.05, 3.63) is 30.3 Å². The standard InChI is InChI=1S/C10H16N2O/c1-8(12-11)9(2)13-10-6-4-3-5-7-10/h3-9,12H,11H2,1-2H3. The molecule has 13 heavy (non-hydrogen) atoms. The number of hydrazine groups is 1. The van der Waals surface area contributed by atoms with E-state index in [2.05, 4.69) is 5.43 Å². The lowest BCUT2D eigenvalue weighted by Crippen LogP contribution is -2.42. The van der Waals surface area contributed by atoms with Gasteiger partial charge in [-0.15, -0.1) is 0 Å². The number of hydrogen-bond donors (Lipinski definition) is 2. The zero-order valence-electron chi connectivity index (χ0n) is 8.03. The van der Waals surface area contributed by atoms with E-state index in [1.807, 2.05) is 44.2 Å². The molecule has 0 aromatic heterocycles. The Balaban J connectivity index is 2.50. The van der Waals surface area contributed by atoms with Crippen molar-refractivity contribution in [1.29, 1.82) is 0 Å². The summed E-state index contributed by atoms with van der Waals surface area (Å²) in [6.07, 6.45) is 0.0624. The van der Waals surface area contributed by atoms with E-state index in [4.69, 9.17) is 10.6 Å². The quantitative estimate of drug-likeness (QED) is 0.542. The van der Waals surface area contributed by atoms with Crippen LogP contribution in [0.4, 0.5) is 0 Å². The molecule has 3 N–H and O–H groups in total. The van der Waals surface area contributed by atoms with Gasteiger partial charge in [0.1, 0.15) is 11.9 Å². The molecule has 1 aromatic rings. The van der Waals surface area contributed by atoms with Gasteiger partial charge in [-0.1, -0.05) is 18.2 Å². The number of hydrogen-bond acceptors (Lipinski definition) is 3. The molecule has 0 aliphatic heterocycles. The molecular formula is C10H16N2O. The van der Waals surface area contributed by atoms with Crippen molar-refractivity contribution in [1.82, 2.24) is 5.43 Å². The van der Waals surface area contributed by atoms with E-state index < -0.39 is 0 Å². The topological polar surface area (TPSA) is 47.3 Å². The number of rotatable bonds is 4. The largest absolute Gasteiger partial charge is 0.489 e. The molecule has 1 rings (SSSR count). The number of benzene rings is 1. The van der Waals surface area contributed by atoms with Crippen molar-refractivity contribution in [3.8, 4) is 5.75 Å². The van der Waals surface area contributed by atoms with Crippen LogP contribution in [0.1, 0.15) is 13.8 Å². The van der Waals surface area contributed by atoms with Gasteiger partial charge in [-0.25, -0.2) is 0 Å². The van der Waals surface area contributed by atoms with Crippen LogP contribution in [0.3, 0.4) is 0 Å². The molecule has 0 bridgehead atoms. The van der Waals surface area contributed by atoms with Crippen molar-refractivity contribution in [2.45, 2.75) is 26.0 Å². The zero-order valence-corrected chi connectivity index (χ0v) is 8.03. The molecule has 0 aliphatic carbocycles. The zero-order chi connectivity index (χ0) is 9.68. The second-order valence-electron chi connectivity index (χ2n) is 3.09. The van der Waals surface area contributed by atoms with Crippen LogP contribution in [0.15, 0.2) is 30.3 Å². The smallest absolute Gasteiger partial charge is 0.119 e. The van der Waals surface area contributed by atoms with Crippen molar-refractivity contribution >= 4 is 0 Å². The molecule has 3 heteroatoms. The summed E-state index contributed by atoms with van der Waals surface area (Å²) in [5, 5.41) is 0. The van der Waals surface area contributed by atoms with Crippen molar-refractivity contribution in [3.63, 3.8) is 0 Å². The molecule has 0 fully saturated rings. The van der Waals surface area contributed by atoms with Crippen LogP contribution in [0.5, 0.6) is 5.75 Å². The Bertz CT molecular complexity index is 238. The summed E-state index contributed by atoms with van der Waals surface area (Å²) in [5.41, 5.74) is 2.66. The van der Waals surface area contributed by atoms with E-state index in [1.54, 1.807) is 0 Å². The minimum absolute atomic E-state index is 0.0624. The summed E-state index contributed by atoms with van der Waals surface area (Å²) in [6, 6.07) is 9.85. The first-order valence-electron chi connectivity index (χ1n) is 4.42. The second kappa shape index (κ2) is 4.84. The molecule has 0 saturated heterocycles. The van der Waals surface area contributed by atoms with Gasteiger partial charge in [0.15, 0.2) is 0 Å². The molecule has 0 heterocycles. The first kappa shape index (κ1) is 10.0. The summed E-state index contributed by atoms with van der Waals surface area (Å²) in [4.78, 5) is 0. The summed E-state index contributed by atoms with van der Waals surface area (Å²) >= 11 is 0. The predicted molar refractivity (Wildman–Crippen MR) is 53.3 cm³/mol. The van der Waals surface area contributed by atoms with Crippen molar-refractivity contribution in [2.24, 2.45) is 5.84 Å². The fourth-order valence-corrected chi connectivity index (χ4v) is 0.951. The third-order valence-electron chi connectivity index (χ3n) is 2.03. The Morgan fingerprint density at radius 1 is 1.23 bits per heavy atom. The molecular weight excluding hydrogens is 164 g/mol. The Hall–Kier alpha value is -1.06. The summed E-state index contributed by atoms with van der Waals surface area (Å²) < 4.78 is 5.62. The average Bonchev–Trinajstić information content (AvgIpc) is 2.18. The van der Waals surface area contributed by atoms with Crippen LogP contribution in [0.2, 0.25) is 0 Å². The maximum Gasteiger partial charge on any atom is 0.119 e. The van der Waals surface area contributed by atoms with Gasteiger partial charge >= 0.3 is 0 Å². The Morgan fingerprint density at radius 3 is 2.38 bits per heavy atom. The van der Waals surface area contributed by atoms with Crippen LogP contribution >= 0.6 is 0 Å². The fourth-order valence-electron chi connectivity index (χ4n) is 0.951. The second-order valence-corrected chi connectivity index (χ2v) is 3.09. The molecule has 3 nitrogen and oxygen atoms in total. The summed E-state index contributed by atoms with van der Waals surface area (Å²) in [7, 11) is 0. The first-order chi connectivity index (χ1) is 6.24. The van der Waals surface area contributed by atoms with E-state index in [9.17, 15) is 0 Å². The highest BCUT2D eigenvalue weighted by atomic mass is 16.5. The van der Waals surface area contributed by atoms with Crippen LogP contribution in [-0.4, -0.2) is 12.1 Å². The summed E-state index contributed by atoms with van der Waals surface area (Å²) in [6.45, 7) is 3.96. The van der Waals surface area contributed by atoms with Gasteiger partial charge in [0.25, 0.3) is 0 Å². The lowest BCUT2D eigenvalue weighted by molar-refractivity contribution is 0.178. The Morgan fingerprint density at radius 2 is 1.85 bits per heavy atom. The maximum atomic E-state index is 5.62. The maximum absolute atomic E-state index is 5.62. The van der Waals surface area contributed by atoms with Crippen LogP contribution in [0.25, 0.3) is 0 Å². The highest BCUT2D eigenvalue weighted by Gasteiger charge is 2.10. The number of nitrogens with two attached hydrogens (primary N) is 1. The van der Waals surface area contributed by atoms with E-state index >= 15 is 0 Å². The molecule has 0 amide bonds. The van der Waals surface area contributed by atoms with Crippen LogP contribution in [-0.2, 0) is 0 Å². The third-order valence-corrected chi connectivity index (χ3v) is 2.03. The minimum atomic E-state index is 0.0624. The SMILES string of the molecule is CC(NN)C(C)Oc1ccccc1. The van der Waals surface area contributed by atoms with Crippen molar-refractivity contribution in [2.75, 3.05) is 0 Å². The third kappa shape index (κ3) is 3.05. The van der Waals surface area contributed by atoms with Gasteiger partial charge in [-0.05, 0) is 26.0 Å². The molecule has 2 unspecified atom stereocenters. The van der Waals surface area contributed by atoms with Gasteiger partial charge < -0.3 is 4.74 Å². The number of ether oxygens (including phenoxy) is 1. The van der Waals surface area contributed by atoms with Gasteiger partial charge in [0.05, 0.1) is 6.04 Å². The number of para-hydroxylation sites is 1. The van der Waals surface area contributed by atoms with Gasteiger partial charge in [0, 0.05) is 0 Å². The van der Waals surface area contributed by atoms with E-state index in [1.165, 1.54) is 0 Å². The lowest BCUT2D eigenvalue weighted by Gasteiger charge is -2.20. The Kier molecular flexibility index (Phi) is 3.73. The van der Waals surface area contributed by atoms with Crippen LogP contribution in [0, 0.1) is 0 Å². The molecule has 0 saturated carbocycles. The van der Waals surface area contributed by atoms with Crippen molar-refractivity contribution < 1.29 is 4.74 Å². The summed E-state index contributed by atoms with van der Waals surface area (Å²) in [5.74, 6) is 6.17. The Labute approximate surface area is 78.9 Å². The van der Waals surface area contributed by atoms with E-state index in [0.29, 0.717) is 0 Å². The van der Waals surface area contributed by atoms with Gasteiger partial charge in [-0.3, -0.25) is 11.3 Å². The monoisotopic (exact) mass is 180 g/mol. The molecule has 0 radical (unpaired) electrons. The minimum Gasteiger partial charge on any atom is -0.489 e. The fraction of sp³-hybridized carbons (Fsp3) is 0.400. The highest BCUT2D eigenvalue weighted by molar-refractivity contribution is 5.21. The molecule has 72 valence electrons. The highest BCUT2D eigenvalue weighted by Crippen LogP contribution is 2.11. The average molecular weight is 180 g/mol. The normalized spacial score (nSPS) is 15.0. The molecule has 2 atom stereocenters. The van der Waals surface area contributed by atoms with Crippen LogP contribution < -0.4 is 16.0 Å². The lowest BCUT2D eigenvalue weighted by atomic mass is 10.2. The molecule has 0 aliphatic rings. The van der Waals surface area contributed by atoms with Gasteiger partial charge in [-0.2, -0.15) is 0 Å². The molecule has 0 spiro atoms. The first-order valence-corrected chi connectivity index (χ1v) is 4.42. The van der Waals surface area contributed by atoms with E-state index in [0.717, 1.165) is 5.75 Å². The van der Waals surface area contributed by atoms with E-state index in [-0.39, 0.29) is 12.1 Å². The number of nitrogens with one attached hydrogen (secondary N) is 1. The molecule has 1 aromatic carbocycles. The predicted octanol–water partition coefficient (Wildman–Crippen LogP) is 1.31. The van der Waals surface area contributed by atoms with Gasteiger partial charge in [0.2, 0.25) is 0 Å².